The molecule has 22 heavy (non-hydrogen) atoms. The van der Waals surface area contributed by atoms with Gasteiger partial charge in [-0.25, -0.2) is 14.6 Å². The Bertz CT molecular complexity index is 930. The molecule has 0 fully saturated rings. The first-order valence-electron chi connectivity index (χ1n) is 6.83. The first-order valence-corrected chi connectivity index (χ1v) is 7.21. The molecule has 0 N–H and O–H groups in total. The third-order valence-electron chi connectivity index (χ3n) is 3.54. The van der Waals surface area contributed by atoms with Crippen molar-refractivity contribution >= 4 is 22.6 Å². The van der Waals surface area contributed by atoms with E-state index in [-0.39, 0.29) is 0 Å². The van der Waals surface area contributed by atoms with Crippen LogP contribution in [0.25, 0.3) is 27.8 Å². The summed E-state index contributed by atoms with van der Waals surface area (Å²) in [5.41, 5.74) is 3.98. The van der Waals surface area contributed by atoms with Gasteiger partial charge in [0.2, 0.25) is 0 Å². The van der Waals surface area contributed by atoms with Gasteiger partial charge >= 0.3 is 0 Å². The standard InChI is InChI=1S/C17H11ClN4/c18-16-15-10-21-22(17(15)20-11-19-16)14-8-6-13(7-9-14)12-4-2-1-3-5-12/h1-11H. The van der Waals surface area contributed by atoms with Gasteiger partial charge in [-0.05, 0) is 23.3 Å². The van der Waals surface area contributed by atoms with Gasteiger partial charge in [0.05, 0.1) is 17.3 Å². The van der Waals surface area contributed by atoms with Crippen LogP contribution in [0, 0.1) is 0 Å². The zero-order valence-corrected chi connectivity index (χ0v) is 12.3. The minimum absolute atomic E-state index is 0.414. The average Bonchev–Trinajstić information content (AvgIpc) is 3.01. The van der Waals surface area contributed by atoms with Crippen LogP contribution >= 0.6 is 11.6 Å². The van der Waals surface area contributed by atoms with E-state index in [1.54, 1.807) is 10.9 Å². The highest BCUT2D eigenvalue weighted by Gasteiger charge is 2.09. The molecule has 0 spiro atoms. The highest BCUT2D eigenvalue weighted by atomic mass is 35.5. The zero-order valence-electron chi connectivity index (χ0n) is 11.5. The predicted molar refractivity (Wildman–Crippen MR) is 87.1 cm³/mol. The lowest BCUT2D eigenvalue weighted by molar-refractivity contribution is 0.895. The molecule has 0 aliphatic rings. The smallest absolute Gasteiger partial charge is 0.167 e. The van der Waals surface area contributed by atoms with E-state index in [4.69, 9.17) is 11.6 Å². The number of halogens is 1. The number of aromatic nitrogens is 4. The van der Waals surface area contributed by atoms with Crippen molar-refractivity contribution in [2.45, 2.75) is 0 Å². The number of fused-ring (bicyclic) bond motifs is 1. The van der Waals surface area contributed by atoms with Crippen LogP contribution in [-0.2, 0) is 0 Å². The summed E-state index contributed by atoms with van der Waals surface area (Å²) >= 11 is 6.06. The Hall–Kier alpha value is -2.72. The molecule has 0 aliphatic heterocycles. The second kappa shape index (κ2) is 5.24. The van der Waals surface area contributed by atoms with Gasteiger partial charge in [0.1, 0.15) is 11.5 Å². The summed E-state index contributed by atoms with van der Waals surface area (Å²) in [5.74, 6) is 0. The fourth-order valence-corrected chi connectivity index (χ4v) is 2.61. The first kappa shape index (κ1) is 13.0. The zero-order chi connectivity index (χ0) is 14.9. The Labute approximate surface area is 132 Å². The molecule has 0 unspecified atom stereocenters. The molecule has 0 amide bonds. The van der Waals surface area contributed by atoms with E-state index in [0.29, 0.717) is 10.8 Å². The second-order valence-electron chi connectivity index (χ2n) is 4.87. The molecule has 0 radical (unpaired) electrons. The monoisotopic (exact) mass is 306 g/mol. The van der Waals surface area contributed by atoms with E-state index in [2.05, 4.69) is 39.3 Å². The van der Waals surface area contributed by atoms with E-state index in [1.807, 2.05) is 30.3 Å². The number of hydrogen-bond donors (Lipinski definition) is 0. The fraction of sp³-hybridized carbons (Fsp3) is 0. The van der Waals surface area contributed by atoms with Crippen molar-refractivity contribution in [2.75, 3.05) is 0 Å². The molecular formula is C17H11ClN4. The Morgan fingerprint density at radius 2 is 1.55 bits per heavy atom. The molecular weight excluding hydrogens is 296 g/mol. The summed E-state index contributed by atoms with van der Waals surface area (Å²) < 4.78 is 1.76. The predicted octanol–water partition coefficient (Wildman–Crippen LogP) is 4.14. The quantitative estimate of drug-likeness (QED) is 0.523. The third kappa shape index (κ3) is 2.14. The fourth-order valence-electron chi connectivity index (χ4n) is 2.43. The van der Waals surface area contributed by atoms with Crippen molar-refractivity contribution in [1.29, 1.82) is 0 Å². The number of benzene rings is 2. The largest absolute Gasteiger partial charge is 0.224 e. The van der Waals surface area contributed by atoms with Crippen molar-refractivity contribution in [2.24, 2.45) is 0 Å². The Morgan fingerprint density at radius 1 is 0.818 bits per heavy atom. The Morgan fingerprint density at radius 3 is 2.32 bits per heavy atom. The summed E-state index contributed by atoms with van der Waals surface area (Å²) in [5, 5.41) is 5.52. The molecule has 0 bridgehead atoms. The van der Waals surface area contributed by atoms with Gasteiger partial charge in [0, 0.05) is 0 Å². The lowest BCUT2D eigenvalue weighted by Crippen LogP contribution is -1.97. The van der Waals surface area contributed by atoms with Crippen molar-refractivity contribution < 1.29 is 0 Å². The first-order chi connectivity index (χ1) is 10.8. The lowest BCUT2D eigenvalue weighted by atomic mass is 10.1. The lowest BCUT2D eigenvalue weighted by Gasteiger charge is -2.05. The molecule has 5 heteroatoms. The highest BCUT2D eigenvalue weighted by molar-refractivity contribution is 6.33. The maximum atomic E-state index is 6.06. The van der Waals surface area contributed by atoms with Crippen LogP contribution in [-0.4, -0.2) is 19.7 Å². The Balaban J connectivity index is 1.78. The summed E-state index contributed by atoms with van der Waals surface area (Å²) in [6, 6.07) is 18.4. The molecule has 0 saturated heterocycles. The topological polar surface area (TPSA) is 43.6 Å². The van der Waals surface area contributed by atoms with Crippen molar-refractivity contribution in [1.82, 2.24) is 19.7 Å². The molecule has 2 aromatic carbocycles. The summed E-state index contributed by atoms with van der Waals surface area (Å²) in [6.45, 7) is 0. The molecule has 4 aromatic rings. The van der Waals surface area contributed by atoms with Crippen molar-refractivity contribution in [3.8, 4) is 16.8 Å². The molecule has 2 heterocycles. The van der Waals surface area contributed by atoms with Gasteiger partial charge in [0.25, 0.3) is 0 Å². The molecule has 4 nitrogen and oxygen atoms in total. The van der Waals surface area contributed by atoms with E-state index < -0.39 is 0 Å². The Kier molecular flexibility index (Phi) is 3.09. The van der Waals surface area contributed by atoms with Crippen molar-refractivity contribution in [3.63, 3.8) is 0 Å². The van der Waals surface area contributed by atoms with Gasteiger partial charge in [-0.3, -0.25) is 0 Å². The highest BCUT2D eigenvalue weighted by Crippen LogP contribution is 2.24. The average molecular weight is 307 g/mol. The third-order valence-corrected chi connectivity index (χ3v) is 3.84. The maximum absolute atomic E-state index is 6.06. The van der Waals surface area contributed by atoms with Crippen LogP contribution in [0.1, 0.15) is 0 Å². The van der Waals surface area contributed by atoms with Gasteiger partial charge in [0.15, 0.2) is 5.65 Å². The molecule has 106 valence electrons. The minimum Gasteiger partial charge on any atom is -0.224 e. The van der Waals surface area contributed by atoms with E-state index in [1.165, 1.54) is 11.9 Å². The molecule has 0 aliphatic carbocycles. The second-order valence-corrected chi connectivity index (χ2v) is 5.23. The van der Waals surface area contributed by atoms with Gasteiger partial charge < -0.3 is 0 Å². The normalized spacial score (nSPS) is 11.0. The van der Waals surface area contributed by atoms with Gasteiger partial charge in [-0.1, -0.05) is 54.1 Å². The van der Waals surface area contributed by atoms with E-state index in [0.717, 1.165) is 16.6 Å². The van der Waals surface area contributed by atoms with Gasteiger partial charge in [-0.2, -0.15) is 5.10 Å². The van der Waals surface area contributed by atoms with E-state index >= 15 is 0 Å². The summed E-state index contributed by atoms with van der Waals surface area (Å²) in [7, 11) is 0. The van der Waals surface area contributed by atoms with Crippen LogP contribution in [0.5, 0.6) is 0 Å². The summed E-state index contributed by atoms with van der Waals surface area (Å²) in [4.78, 5) is 8.23. The number of rotatable bonds is 2. The SMILES string of the molecule is Clc1ncnc2c1cnn2-c1ccc(-c2ccccc2)cc1. The van der Waals surface area contributed by atoms with E-state index in [9.17, 15) is 0 Å². The van der Waals surface area contributed by atoms with Crippen LogP contribution < -0.4 is 0 Å². The number of nitrogens with zero attached hydrogens (tertiary/aromatic N) is 4. The maximum Gasteiger partial charge on any atom is 0.167 e. The van der Waals surface area contributed by atoms with Gasteiger partial charge in [-0.15, -0.1) is 0 Å². The van der Waals surface area contributed by atoms with Crippen LogP contribution in [0.2, 0.25) is 5.15 Å². The molecule has 2 aromatic heterocycles. The molecule has 0 atom stereocenters. The van der Waals surface area contributed by atoms with Crippen LogP contribution in [0.15, 0.2) is 67.1 Å². The van der Waals surface area contributed by atoms with Crippen molar-refractivity contribution in [3.05, 3.63) is 72.3 Å². The minimum atomic E-state index is 0.414. The number of hydrogen-bond acceptors (Lipinski definition) is 3. The summed E-state index contributed by atoms with van der Waals surface area (Å²) in [6.07, 6.45) is 3.13. The van der Waals surface area contributed by atoms with Crippen LogP contribution in [0.3, 0.4) is 0 Å². The molecule has 0 saturated carbocycles. The van der Waals surface area contributed by atoms with Crippen LogP contribution in [0.4, 0.5) is 0 Å². The molecule has 4 rings (SSSR count).